The Hall–Kier alpha value is -1.33. The molecule has 3 N–H and O–H groups in total. The summed E-state index contributed by atoms with van der Waals surface area (Å²) < 4.78 is 0. The van der Waals surface area contributed by atoms with Crippen molar-refractivity contribution in [1.29, 1.82) is 0 Å². The maximum atomic E-state index is 10.6. The zero-order chi connectivity index (χ0) is 11.5. The van der Waals surface area contributed by atoms with Crippen molar-refractivity contribution in [2.24, 2.45) is 0 Å². The molecule has 1 unspecified atom stereocenters. The van der Waals surface area contributed by atoms with Crippen LogP contribution in [0.5, 0.6) is 0 Å². The third-order valence-corrected chi connectivity index (χ3v) is 2.12. The molecule has 1 rings (SSSR count). The van der Waals surface area contributed by atoms with Crippen LogP contribution in [0, 0.1) is 0 Å². The van der Waals surface area contributed by atoms with Gasteiger partial charge in [0, 0.05) is 6.20 Å². The molecular formula is C9H11ClN2O3. The second kappa shape index (κ2) is 4.46. The molecule has 1 aromatic rings. The van der Waals surface area contributed by atoms with Crippen molar-refractivity contribution in [1.82, 2.24) is 4.98 Å². The third-order valence-electron chi connectivity index (χ3n) is 1.82. The van der Waals surface area contributed by atoms with Crippen LogP contribution < -0.4 is 5.32 Å². The maximum absolute atomic E-state index is 10.6. The second-order valence-electron chi connectivity index (χ2n) is 3.27. The van der Waals surface area contributed by atoms with E-state index in [0.29, 0.717) is 10.8 Å². The molecule has 0 aliphatic carbocycles. The van der Waals surface area contributed by atoms with Crippen molar-refractivity contribution >= 4 is 23.4 Å². The number of carbonyl (C=O) groups is 1. The van der Waals surface area contributed by atoms with Crippen molar-refractivity contribution in [3.8, 4) is 0 Å². The SMILES string of the molecule is CC(O)(CNc1ncccc1Cl)C(=O)O. The number of nitrogens with zero attached hydrogens (tertiary/aromatic N) is 1. The summed E-state index contributed by atoms with van der Waals surface area (Å²) in [4.78, 5) is 14.5. The number of hydrogen-bond acceptors (Lipinski definition) is 4. The summed E-state index contributed by atoms with van der Waals surface area (Å²) in [6, 6.07) is 3.27. The number of halogens is 1. The lowest BCUT2D eigenvalue weighted by atomic mass is 10.1. The number of aliphatic carboxylic acids is 1. The number of nitrogens with one attached hydrogen (secondary N) is 1. The molecule has 1 atom stereocenters. The minimum Gasteiger partial charge on any atom is -0.479 e. The van der Waals surface area contributed by atoms with E-state index in [1.807, 2.05) is 0 Å². The van der Waals surface area contributed by atoms with Gasteiger partial charge >= 0.3 is 5.97 Å². The van der Waals surface area contributed by atoms with Crippen LogP contribution in [0.2, 0.25) is 5.02 Å². The van der Waals surface area contributed by atoms with Gasteiger partial charge in [-0.25, -0.2) is 9.78 Å². The average molecular weight is 231 g/mol. The standard InChI is InChI=1S/C9H11ClN2O3/c1-9(15,8(13)14)5-12-7-6(10)3-2-4-11-7/h2-4,15H,5H2,1H3,(H,11,12)(H,13,14). The molecule has 0 spiro atoms. The van der Waals surface area contributed by atoms with Gasteiger partial charge in [-0.1, -0.05) is 11.6 Å². The molecule has 0 aliphatic rings. The Morgan fingerprint density at radius 3 is 2.93 bits per heavy atom. The quantitative estimate of drug-likeness (QED) is 0.718. The number of pyridine rings is 1. The van der Waals surface area contributed by atoms with Gasteiger partial charge in [0.25, 0.3) is 0 Å². The van der Waals surface area contributed by atoms with Crippen LogP contribution in [-0.2, 0) is 4.79 Å². The number of aromatic nitrogens is 1. The van der Waals surface area contributed by atoms with Gasteiger partial charge in [-0.15, -0.1) is 0 Å². The summed E-state index contributed by atoms with van der Waals surface area (Å²) in [6.45, 7) is 1.03. The Morgan fingerprint density at radius 2 is 2.40 bits per heavy atom. The van der Waals surface area contributed by atoms with Gasteiger partial charge in [0.05, 0.1) is 11.6 Å². The molecule has 0 bridgehead atoms. The monoisotopic (exact) mass is 230 g/mol. The maximum Gasteiger partial charge on any atom is 0.337 e. The summed E-state index contributed by atoms with van der Waals surface area (Å²) in [6.07, 6.45) is 1.52. The number of aliphatic hydroxyl groups is 1. The molecule has 0 saturated carbocycles. The lowest BCUT2D eigenvalue weighted by Crippen LogP contribution is -2.41. The molecule has 0 amide bonds. The Kier molecular flexibility index (Phi) is 3.49. The number of hydrogen-bond donors (Lipinski definition) is 3. The van der Waals surface area contributed by atoms with Crippen molar-refractivity contribution in [3.63, 3.8) is 0 Å². The van der Waals surface area contributed by atoms with Crippen molar-refractivity contribution in [2.45, 2.75) is 12.5 Å². The van der Waals surface area contributed by atoms with Crippen molar-refractivity contribution in [3.05, 3.63) is 23.4 Å². The fourth-order valence-corrected chi connectivity index (χ4v) is 1.04. The number of carboxylic acid groups (broad SMARTS) is 1. The van der Waals surface area contributed by atoms with Crippen molar-refractivity contribution in [2.75, 3.05) is 11.9 Å². The van der Waals surface area contributed by atoms with E-state index in [1.54, 1.807) is 12.1 Å². The summed E-state index contributed by atoms with van der Waals surface area (Å²) in [5.74, 6) is -0.956. The molecule has 0 fully saturated rings. The molecule has 0 saturated heterocycles. The van der Waals surface area contributed by atoms with Gasteiger partial charge in [-0.05, 0) is 19.1 Å². The molecule has 82 valence electrons. The molecule has 6 heteroatoms. The van der Waals surface area contributed by atoms with Gasteiger partial charge < -0.3 is 15.5 Å². The summed E-state index contributed by atoms with van der Waals surface area (Å²) >= 11 is 5.78. The molecule has 0 aliphatic heterocycles. The van der Waals surface area contributed by atoms with E-state index in [9.17, 15) is 9.90 Å². The Balaban J connectivity index is 2.66. The first-order chi connectivity index (χ1) is 6.93. The molecule has 0 radical (unpaired) electrons. The zero-order valence-electron chi connectivity index (χ0n) is 8.07. The zero-order valence-corrected chi connectivity index (χ0v) is 8.82. The lowest BCUT2D eigenvalue weighted by molar-refractivity contribution is -0.155. The first-order valence-corrected chi connectivity index (χ1v) is 4.61. The highest BCUT2D eigenvalue weighted by molar-refractivity contribution is 6.32. The molecule has 15 heavy (non-hydrogen) atoms. The van der Waals surface area contributed by atoms with Gasteiger partial charge in [0.1, 0.15) is 5.82 Å². The topological polar surface area (TPSA) is 82.5 Å². The minimum atomic E-state index is -1.85. The van der Waals surface area contributed by atoms with E-state index in [0.717, 1.165) is 0 Å². The second-order valence-corrected chi connectivity index (χ2v) is 3.67. The van der Waals surface area contributed by atoms with E-state index in [-0.39, 0.29) is 6.54 Å². The lowest BCUT2D eigenvalue weighted by Gasteiger charge is -2.18. The van der Waals surface area contributed by atoms with E-state index in [2.05, 4.69) is 10.3 Å². The molecule has 5 nitrogen and oxygen atoms in total. The van der Waals surface area contributed by atoms with Crippen LogP contribution in [0.1, 0.15) is 6.92 Å². The number of carboxylic acids is 1. The van der Waals surface area contributed by atoms with Crippen LogP contribution in [0.3, 0.4) is 0 Å². The van der Waals surface area contributed by atoms with E-state index in [4.69, 9.17) is 16.7 Å². The van der Waals surface area contributed by atoms with Crippen LogP contribution in [0.15, 0.2) is 18.3 Å². The highest BCUT2D eigenvalue weighted by Crippen LogP contribution is 2.18. The molecule has 1 aromatic heterocycles. The molecule has 0 aromatic carbocycles. The Morgan fingerprint density at radius 1 is 1.73 bits per heavy atom. The van der Waals surface area contributed by atoms with Gasteiger partial charge in [0.15, 0.2) is 5.60 Å². The summed E-state index contributed by atoms with van der Waals surface area (Å²) in [5, 5.41) is 21.1. The summed E-state index contributed by atoms with van der Waals surface area (Å²) in [7, 11) is 0. The van der Waals surface area contributed by atoms with Crippen molar-refractivity contribution < 1.29 is 15.0 Å². The first kappa shape index (κ1) is 11.7. The fourth-order valence-electron chi connectivity index (χ4n) is 0.847. The normalized spacial score (nSPS) is 14.3. The van der Waals surface area contributed by atoms with Crippen LogP contribution in [0.25, 0.3) is 0 Å². The third kappa shape index (κ3) is 3.07. The van der Waals surface area contributed by atoms with Gasteiger partial charge in [-0.3, -0.25) is 0 Å². The van der Waals surface area contributed by atoms with E-state index < -0.39 is 11.6 Å². The largest absolute Gasteiger partial charge is 0.479 e. The molecular weight excluding hydrogens is 220 g/mol. The van der Waals surface area contributed by atoms with E-state index >= 15 is 0 Å². The van der Waals surface area contributed by atoms with Gasteiger partial charge in [0.2, 0.25) is 0 Å². The van der Waals surface area contributed by atoms with Crippen LogP contribution in [0.4, 0.5) is 5.82 Å². The molecule has 1 heterocycles. The first-order valence-electron chi connectivity index (χ1n) is 4.23. The fraction of sp³-hybridized carbons (Fsp3) is 0.333. The van der Waals surface area contributed by atoms with E-state index in [1.165, 1.54) is 13.1 Å². The average Bonchev–Trinajstić information content (AvgIpc) is 2.16. The number of anilines is 1. The Labute approximate surface area is 91.7 Å². The van der Waals surface area contributed by atoms with Crippen LogP contribution in [-0.4, -0.2) is 33.3 Å². The highest BCUT2D eigenvalue weighted by Gasteiger charge is 2.29. The minimum absolute atomic E-state index is 0.168. The van der Waals surface area contributed by atoms with Gasteiger partial charge in [-0.2, -0.15) is 0 Å². The highest BCUT2D eigenvalue weighted by atomic mass is 35.5. The number of rotatable bonds is 4. The predicted molar refractivity (Wildman–Crippen MR) is 56.0 cm³/mol. The summed E-state index contributed by atoms with van der Waals surface area (Å²) in [5.41, 5.74) is -1.85. The smallest absolute Gasteiger partial charge is 0.337 e. The predicted octanol–water partition coefficient (Wildman–Crippen LogP) is 0.982. The van der Waals surface area contributed by atoms with Crippen LogP contribution >= 0.6 is 11.6 Å². The Bertz CT molecular complexity index is 368.